The van der Waals surface area contributed by atoms with Crippen molar-refractivity contribution in [3.05, 3.63) is 24.3 Å². The van der Waals surface area contributed by atoms with Crippen LogP contribution in [0.15, 0.2) is 24.3 Å². The third-order valence-electron chi connectivity index (χ3n) is 2.70. The number of aromatic nitrogens is 1. The van der Waals surface area contributed by atoms with Crippen molar-refractivity contribution in [1.82, 2.24) is 4.98 Å². The van der Waals surface area contributed by atoms with Gasteiger partial charge in [-0.05, 0) is 18.6 Å². The minimum atomic E-state index is -0.0213. The summed E-state index contributed by atoms with van der Waals surface area (Å²) in [5.74, 6) is -0.0291. The summed E-state index contributed by atoms with van der Waals surface area (Å²) in [6.45, 7) is 0. The lowest BCUT2D eigenvalue weighted by molar-refractivity contribution is -0.117. The number of nitrogens with zero attached hydrogens (tertiary/aromatic N) is 1. The quantitative estimate of drug-likeness (QED) is 0.827. The van der Waals surface area contributed by atoms with Crippen LogP contribution in [0.3, 0.4) is 0 Å². The van der Waals surface area contributed by atoms with Gasteiger partial charge in [0.1, 0.15) is 0 Å². The van der Waals surface area contributed by atoms with Crippen LogP contribution in [-0.2, 0) is 4.79 Å². The SMILES string of the molecule is NC1CC1C(=O)Nc1nc2ccccc2s1. The number of hydrogen-bond donors (Lipinski definition) is 2. The smallest absolute Gasteiger partial charge is 0.230 e. The highest BCUT2D eigenvalue weighted by Crippen LogP contribution is 2.31. The standard InChI is InChI=1S/C11H11N3OS/c12-7-5-6(7)10(15)14-11-13-8-3-1-2-4-9(8)16-11/h1-4,6-7H,5,12H2,(H,13,14,15). The average Bonchev–Trinajstić information content (AvgIpc) is 2.87. The van der Waals surface area contributed by atoms with Crippen LogP contribution in [0.5, 0.6) is 0 Å². The highest BCUT2D eigenvalue weighted by molar-refractivity contribution is 7.22. The Morgan fingerprint density at radius 2 is 2.25 bits per heavy atom. The monoisotopic (exact) mass is 233 g/mol. The van der Waals surface area contributed by atoms with Gasteiger partial charge in [-0.25, -0.2) is 4.98 Å². The summed E-state index contributed by atoms with van der Waals surface area (Å²) in [4.78, 5) is 16.0. The predicted octanol–water partition coefficient (Wildman–Crippen LogP) is 1.58. The fraction of sp³-hybridized carbons (Fsp3) is 0.273. The van der Waals surface area contributed by atoms with Gasteiger partial charge in [0.2, 0.25) is 5.91 Å². The van der Waals surface area contributed by atoms with E-state index < -0.39 is 0 Å². The van der Waals surface area contributed by atoms with Gasteiger partial charge in [-0.1, -0.05) is 23.5 Å². The molecule has 0 aliphatic heterocycles. The summed E-state index contributed by atoms with van der Waals surface area (Å²) < 4.78 is 1.08. The van der Waals surface area contributed by atoms with Gasteiger partial charge in [0, 0.05) is 6.04 Å². The molecule has 1 heterocycles. The van der Waals surface area contributed by atoms with E-state index in [0.717, 1.165) is 16.6 Å². The number of benzene rings is 1. The first-order chi connectivity index (χ1) is 7.74. The van der Waals surface area contributed by atoms with Gasteiger partial charge in [-0.2, -0.15) is 0 Å². The molecule has 5 heteroatoms. The van der Waals surface area contributed by atoms with Gasteiger partial charge in [-0.3, -0.25) is 4.79 Å². The van der Waals surface area contributed by atoms with E-state index in [4.69, 9.17) is 5.73 Å². The van der Waals surface area contributed by atoms with Gasteiger partial charge in [0.25, 0.3) is 0 Å². The lowest BCUT2D eigenvalue weighted by Crippen LogP contribution is -2.18. The second kappa shape index (κ2) is 3.54. The van der Waals surface area contributed by atoms with Crippen LogP contribution in [0.4, 0.5) is 5.13 Å². The fourth-order valence-electron chi connectivity index (χ4n) is 1.64. The number of anilines is 1. The molecule has 16 heavy (non-hydrogen) atoms. The van der Waals surface area contributed by atoms with Crippen molar-refractivity contribution in [2.45, 2.75) is 12.5 Å². The second-order valence-corrected chi connectivity index (χ2v) is 5.01. The zero-order valence-corrected chi connectivity index (χ0v) is 9.33. The van der Waals surface area contributed by atoms with E-state index >= 15 is 0 Å². The molecule has 1 saturated carbocycles. The maximum absolute atomic E-state index is 11.6. The number of fused-ring (bicyclic) bond motifs is 1. The van der Waals surface area contributed by atoms with Gasteiger partial charge in [-0.15, -0.1) is 0 Å². The van der Waals surface area contributed by atoms with Crippen LogP contribution in [-0.4, -0.2) is 16.9 Å². The summed E-state index contributed by atoms with van der Waals surface area (Å²) >= 11 is 1.49. The molecule has 0 spiro atoms. The molecule has 0 saturated heterocycles. The summed E-state index contributed by atoms with van der Waals surface area (Å²) in [7, 11) is 0. The average molecular weight is 233 g/mol. The normalized spacial score (nSPS) is 23.3. The minimum absolute atomic E-state index is 0.00782. The third-order valence-corrected chi connectivity index (χ3v) is 3.65. The number of amides is 1. The Morgan fingerprint density at radius 3 is 2.94 bits per heavy atom. The molecule has 3 rings (SSSR count). The zero-order chi connectivity index (χ0) is 11.1. The minimum Gasteiger partial charge on any atom is -0.327 e. The number of nitrogens with one attached hydrogen (secondary N) is 1. The molecule has 1 aliphatic carbocycles. The van der Waals surface area contributed by atoms with E-state index in [-0.39, 0.29) is 17.9 Å². The van der Waals surface area contributed by atoms with Crippen molar-refractivity contribution in [3.8, 4) is 0 Å². The Labute approximate surface area is 96.5 Å². The van der Waals surface area contributed by atoms with E-state index in [0.29, 0.717) is 5.13 Å². The number of rotatable bonds is 2. The molecule has 2 atom stereocenters. The summed E-state index contributed by atoms with van der Waals surface area (Å²) in [6.07, 6.45) is 0.788. The van der Waals surface area contributed by atoms with Crippen LogP contribution in [0.25, 0.3) is 10.2 Å². The lowest BCUT2D eigenvalue weighted by atomic mass is 10.3. The number of carbonyl (C=O) groups excluding carboxylic acids is 1. The van der Waals surface area contributed by atoms with Gasteiger partial charge in [0.15, 0.2) is 5.13 Å². The van der Waals surface area contributed by atoms with Crippen LogP contribution in [0.2, 0.25) is 0 Å². The molecule has 1 aromatic heterocycles. The van der Waals surface area contributed by atoms with Crippen molar-refractivity contribution in [2.75, 3.05) is 5.32 Å². The molecular weight excluding hydrogens is 222 g/mol. The van der Waals surface area contributed by atoms with Crippen LogP contribution in [0, 0.1) is 5.92 Å². The Morgan fingerprint density at radius 1 is 1.50 bits per heavy atom. The van der Waals surface area contributed by atoms with Crippen molar-refractivity contribution in [1.29, 1.82) is 0 Å². The van der Waals surface area contributed by atoms with Crippen LogP contribution >= 0.6 is 11.3 Å². The van der Waals surface area contributed by atoms with Crippen molar-refractivity contribution in [3.63, 3.8) is 0 Å². The number of carbonyl (C=O) groups is 1. The molecule has 2 unspecified atom stereocenters. The Balaban J connectivity index is 1.81. The highest BCUT2D eigenvalue weighted by Gasteiger charge is 2.40. The van der Waals surface area contributed by atoms with E-state index in [1.165, 1.54) is 11.3 Å². The Hall–Kier alpha value is -1.46. The van der Waals surface area contributed by atoms with Gasteiger partial charge in [0.05, 0.1) is 16.1 Å². The largest absolute Gasteiger partial charge is 0.327 e. The number of hydrogen-bond acceptors (Lipinski definition) is 4. The second-order valence-electron chi connectivity index (χ2n) is 3.98. The summed E-state index contributed by atoms with van der Waals surface area (Å²) in [5.41, 5.74) is 6.54. The van der Waals surface area contributed by atoms with Crippen LogP contribution < -0.4 is 11.1 Å². The predicted molar refractivity (Wildman–Crippen MR) is 64.3 cm³/mol. The Bertz CT molecular complexity index is 518. The molecule has 1 fully saturated rings. The third kappa shape index (κ3) is 1.68. The molecule has 1 aliphatic rings. The van der Waals surface area contributed by atoms with Gasteiger partial charge < -0.3 is 11.1 Å². The maximum atomic E-state index is 11.6. The Kier molecular flexibility index (Phi) is 2.15. The zero-order valence-electron chi connectivity index (χ0n) is 8.51. The molecule has 1 aromatic carbocycles. The van der Waals surface area contributed by atoms with Crippen molar-refractivity contribution in [2.24, 2.45) is 11.7 Å². The first-order valence-corrected chi connectivity index (χ1v) is 5.98. The molecule has 1 amide bonds. The molecule has 3 N–H and O–H groups in total. The molecular formula is C11H11N3OS. The topological polar surface area (TPSA) is 68.0 Å². The highest BCUT2D eigenvalue weighted by atomic mass is 32.1. The van der Waals surface area contributed by atoms with Crippen molar-refractivity contribution < 1.29 is 4.79 Å². The molecule has 0 bridgehead atoms. The number of nitrogens with two attached hydrogens (primary N) is 1. The molecule has 2 aromatic rings. The van der Waals surface area contributed by atoms with E-state index in [1.54, 1.807) is 0 Å². The first-order valence-electron chi connectivity index (χ1n) is 5.16. The molecule has 0 radical (unpaired) electrons. The molecule has 4 nitrogen and oxygen atoms in total. The van der Waals surface area contributed by atoms with Crippen molar-refractivity contribution >= 4 is 32.6 Å². The van der Waals surface area contributed by atoms with E-state index in [2.05, 4.69) is 10.3 Å². The fourth-order valence-corrected chi connectivity index (χ4v) is 2.51. The molecule has 82 valence electrons. The van der Waals surface area contributed by atoms with Crippen LogP contribution in [0.1, 0.15) is 6.42 Å². The number of para-hydroxylation sites is 1. The summed E-state index contributed by atoms with van der Waals surface area (Å²) in [5, 5.41) is 3.47. The summed E-state index contributed by atoms with van der Waals surface area (Å²) in [6, 6.07) is 7.86. The van der Waals surface area contributed by atoms with E-state index in [9.17, 15) is 4.79 Å². The number of thiazole rings is 1. The lowest BCUT2D eigenvalue weighted by Gasteiger charge is -1.97. The maximum Gasteiger partial charge on any atom is 0.230 e. The van der Waals surface area contributed by atoms with E-state index in [1.807, 2.05) is 24.3 Å². The first kappa shape index (κ1) is 9.74. The van der Waals surface area contributed by atoms with Gasteiger partial charge >= 0.3 is 0 Å².